The first kappa shape index (κ1) is 32.8. The van der Waals surface area contributed by atoms with Crippen LogP contribution in [0, 0.1) is 0 Å². The van der Waals surface area contributed by atoms with Gasteiger partial charge in [0.25, 0.3) is 0 Å². The highest BCUT2D eigenvalue weighted by Gasteiger charge is 2.26. The van der Waals surface area contributed by atoms with Crippen molar-refractivity contribution in [3.63, 3.8) is 0 Å². The summed E-state index contributed by atoms with van der Waals surface area (Å²) in [5.74, 6) is 0. The van der Waals surface area contributed by atoms with Crippen LogP contribution in [0.15, 0.2) is 223 Å². The topological polar surface area (TPSA) is 21.3 Å². The van der Waals surface area contributed by atoms with Gasteiger partial charge in [0.15, 0.2) is 0 Å². The van der Waals surface area contributed by atoms with E-state index in [-0.39, 0.29) is 0 Å². The molecule has 0 fully saturated rings. The van der Waals surface area contributed by atoms with E-state index in [1.165, 1.54) is 22.1 Å². The third-order valence-corrected chi connectivity index (χ3v) is 11.1. The molecule has 3 nitrogen and oxygen atoms in total. The Morgan fingerprint density at radius 3 is 1.54 bits per heavy atom. The number of fused-ring (bicyclic) bond motifs is 7. The molecule has 0 N–H and O–H groups in total. The molecule has 0 bridgehead atoms. The van der Waals surface area contributed by atoms with Gasteiger partial charge in [0.2, 0.25) is 0 Å². The molecule has 268 valence electrons. The van der Waals surface area contributed by atoms with Crippen molar-refractivity contribution in [2.24, 2.45) is 0 Å². The van der Waals surface area contributed by atoms with E-state index < -0.39 is 0 Å². The van der Waals surface area contributed by atoms with Crippen LogP contribution >= 0.6 is 0 Å². The summed E-state index contributed by atoms with van der Waals surface area (Å²) in [6.07, 6.45) is 0. The Hall–Kier alpha value is -7.62. The van der Waals surface area contributed by atoms with Crippen molar-refractivity contribution in [1.29, 1.82) is 0 Å². The molecule has 9 aromatic carbocycles. The second-order valence-corrected chi connectivity index (χ2v) is 14.5. The van der Waals surface area contributed by atoms with E-state index in [9.17, 15) is 0 Å². The molecular weight excluding hydrogens is 693 g/mol. The van der Waals surface area contributed by atoms with Gasteiger partial charge in [0.05, 0.1) is 16.7 Å². The number of anilines is 3. The lowest BCUT2D eigenvalue weighted by atomic mass is 9.98. The minimum absolute atomic E-state index is 0.852. The number of furan rings is 1. The van der Waals surface area contributed by atoms with Gasteiger partial charge in [-0.05, 0) is 88.0 Å². The first-order chi connectivity index (χ1) is 28.3. The third kappa shape index (κ3) is 5.60. The molecule has 0 aliphatic rings. The van der Waals surface area contributed by atoms with Gasteiger partial charge in [0.1, 0.15) is 11.2 Å². The van der Waals surface area contributed by atoms with E-state index in [4.69, 9.17) is 4.42 Å². The maximum atomic E-state index is 6.80. The minimum Gasteiger partial charge on any atom is -0.456 e. The largest absolute Gasteiger partial charge is 0.456 e. The first-order valence-corrected chi connectivity index (χ1v) is 19.4. The number of benzene rings is 9. The second-order valence-electron chi connectivity index (χ2n) is 14.5. The highest BCUT2D eigenvalue weighted by molar-refractivity contribution is 6.30. The van der Waals surface area contributed by atoms with Gasteiger partial charge in [-0.15, -0.1) is 0 Å². The fourth-order valence-electron chi connectivity index (χ4n) is 8.58. The Morgan fingerprint density at radius 2 is 0.877 bits per heavy atom. The standard InChI is InChI=1S/C54H36N2O/c1-5-18-37(19-6-1)40-24-17-27-44(33-40)55(43-25-11-4-12-26-43)49-36-51-52(47-29-14-16-31-50(47)57-51)53-46-28-13-15-30-48(46)56(54(49)53)45-34-41(38-20-7-2-8-21-38)32-42(35-45)39-22-9-3-10-23-39/h1-36H. The molecule has 0 aliphatic heterocycles. The van der Waals surface area contributed by atoms with Crippen molar-refractivity contribution in [3.8, 4) is 39.1 Å². The van der Waals surface area contributed by atoms with E-state index >= 15 is 0 Å². The lowest BCUT2D eigenvalue weighted by molar-refractivity contribution is 0.669. The van der Waals surface area contributed by atoms with Crippen molar-refractivity contribution in [2.75, 3.05) is 4.90 Å². The zero-order chi connectivity index (χ0) is 37.7. The number of hydrogen-bond donors (Lipinski definition) is 0. The number of hydrogen-bond acceptors (Lipinski definition) is 2. The molecule has 0 aliphatic carbocycles. The Bertz CT molecular complexity index is 3160. The van der Waals surface area contributed by atoms with Gasteiger partial charge in [0, 0.05) is 44.7 Å². The minimum atomic E-state index is 0.852. The summed E-state index contributed by atoms with van der Waals surface area (Å²) in [5, 5.41) is 4.55. The maximum absolute atomic E-state index is 6.80. The second kappa shape index (κ2) is 13.6. The Morgan fingerprint density at radius 1 is 0.351 bits per heavy atom. The van der Waals surface area contributed by atoms with Crippen molar-refractivity contribution >= 4 is 60.8 Å². The summed E-state index contributed by atoms with van der Waals surface area (Å²) in [5.41, 5.74) is 15.2. The lowest BCUT2D eigenvalue weighted by Gasteiger charge is -2.28. The summed E-state index contributed by atoms with van der Waals surface area (Å²) < 4.78 is 9.28. The van der Waals surface area contributed by atoms with Gasteiger partial charge in [-0.1, -0.05) is 158 Å². The number of para-hydroxylation sites is 3. The zero-order valence-corrected chi connectivity index (χ0v) is 31.1. The van der Waals surface area contributed by atoms with Gasteiger partial charge in [-0.3, -0.25) is 0 Å². The zero-order valence-electron chi connectivity index (χ0n) is 31.1. The van der Waals surface area contributed by atoms with E-state index in [1.54, 1.807) is 0 Å². The Labute approximate surface area is 330 Å². The Balaban J connectivity index is 1.30. The van der Waals surface area contributed by atoms with Crippen LogP contribution in [0.2, 0.25) is 0 Å². The summed E-state index contributed by atoms with van der Waals surface area (Å²) in [4.78, 5) is 2.40. The molecule has 0 atom stereocenters. The average molecular weight is 729 g/mol. The van der Waals surface area contributed by atoms with Crippen molar-refractivity contribution < 1.29 is 4.42 Å². The molecule has 0 spiro atoms. The first-order valence-electron chi connectivity index (χ1n) is 19.4. The van der Waals surface area contributed by atoms with Crippen LogP contribution in [0.3, 0.4) is 0 Å². The van der Waals surface area contributed by atoms with Crippen LogP contribution in [0.4, 0.5) is 17.1 Å². The highest BCUT2D eigenvalue weighted by Crippen LogP contribution is 2.49. The smallest absolute Gasteiger partial charge is 0.138 e. The Kier molecular flexibility index (Phi) is 7.82. The third-order valence-electron chi connectivity index (χ3n) is 11.1. The van der Waals surface area contributed by atoms with Crippen LogP contribution in [0.25, 0.3) is 82.8 Å². The van der Waals surface area contributed by atoms with Crippen LogP contribution in [-0.2, 0) is 0 Å². The number of nitrogens with zero attached hydrogens (tertiary/aromatic N) is 2. The monoisotopic (exact) mass is 728 g/mol. The molecular formula is C54H36N2O. The van der Waals surface area contributed by atoms with Gasteiger partial charge >= 0.3 is 0 Å². The predicted octanol–water partition coefficient (Wildman–Crippen LogP) is 15.2. The average Bonchev–Trinajstić information content (AvgIpc) is 3.84. The predicted molar refractivity (Wildman–Crippen MR) is 239 cm³/mol. The van der Waals surface area contributed by atoms with Crippen molar-refractivity contribution in [3.05, 3.63) is 218 Å². The molecule has 11 rings (SSSR count). The lowest BCUT2D eigenvalue weighted by Crippen LogP contribution is -2.12. The van der Waals surface area contributed by atoms with Crippen molar-refractivity contribution in [1.82, 2.24) is 4.57 Å². The van der Waals surface area contributed by atoms with Crippen LogP contribution in [-0.4, -0.2) is 4.57 Å². The van der Waals surface area contributed by atoms with Crippen LogP contribution in [0.5, 0.6) is 0 Å². The molecule has 0 unspecified atom stereocenters. The molecule has 0 saturated carbocycles. The van der Waals surface area contributed by atoms with E-state index in [0.717, 1.165) is 77.8 Å². The van der Waals surface area contributed by atoms with Gasteiger partial charge < -0.3 is 13.9 Å². The fraction of sp³-hybridized carbons (Fsp3) is 0. The molecule has 0 amide bonds. The quantitative estimate of drug-likeness (QED) is 0.163. The molecule has 57 heavy (non-hydrogen) atoms. The number of aromatic nitrogens is 1. The SMILES string of the molecule is c1ccc(-c2cccc(N(c3ccccc3)c3cc4oc5ccccc5c4c4c5ccccc5n(-c5cc(-c6ccccc6)cc(-c6ccccc6)c5)c34)c2)cc1. The molecule has 11 aromatic rings. The van der Waals surface area contributed by atoms with Gasteiger partial charge in [-0.25, -0.2) is 0 Å². The van der Waals surface area contributed by atoms with Crippen LogP contribution < -0.4 is 4.90 Å². The maximum Gasteiger partial charge on any atom is 0.138 e. The summed E-state index contributed by atoms with van der Waals surface area (Å²) in [7, 11) is 0. The highest BCUT2D eigenvalue weighted by atomic mass is 16.3. The molecule has 0 radical (unpaired) electrons. The van der Waals surface area contributed by atoms with Crippen LogP contribution in [0.1, 0.15) is 0 Å². The number of rotatable bonds is 7. The normalized spacial score (nSPS) is 11.5. The molecule has 0 saturated heterocycles. The summed E-state index contributed by atoms with van der Waals surface area (Å²) in [6.45, 7) is 0. The van der Waals surface area contributed by atoms with E-state index in [1.807, 2.05) is 0 Å². The summed E-state index contributed by atoms with van der Waals surface area (Å²) in [6, 6.07) is 78.1. The van der Waals surface area contributed by atoms with E-state index in [2.05, 4.69) is 228 Å². The fourth-order valence-corrected chi connectivity index (χ4v) is 8.58. The molecule has 2 heterocycles. The molecule has 2 aromatic heterocycles. The van der Waals surface area contributed by atoms with E-state index in [0.29, 0.717) is 0 Å². The molecule has 3 heteroatoms. The summed E-state index contributed by atoms with van der Waals surface area (Å²) >= 11 is 0. The van der Waals surface area contributed by atoms with Gasteiger partial charge in [-0.2, -0.15) is 0 Å². The van der Waals surface area contributed by atoms with Crippen molar-refractivity contribution in [2.45, 2.75) is 0 Å².